The number of ether oxygens (including phenoxy) is 2. The average Bonchev–Trinajstić information content (AvgIpc) is 3.06. The fourth-order valence-corrected chi connectivity index (χ4v) is 5.26. The number of aliphatic hydroxyl groups excluding tert-OH is 2. The molecule has 1 aliphatic rings. The summed E-state index contributed by atoms with van der Waals surface area (Å²) in [5.74, 6) is -0.626. The predicted molar refractivity (Wildman–Crippen MR) is 165 cm³/mol. The standard InChI is InChI=1S/C34H43N3O7/c1-23(33(41)26-8-4-3-5-9-26)37(2)21-29-20-30(25-14-12-24(22-38)13-15-25)44-34(43-29)27-16-18-28(19-17-27)35-31(39)10-6-7-11-32(40)36-42/h3-5,8-9,12-19,23,29-30,33-34,38,41-42H,6-7,10-11,20-22H2,1-2H3,(H,35,39)(H,36,40)/t23-,29+,30-,33-,34-/m0/s1. The molecule has 5 N–H and O–H groups in total. The van der Waals surface area contributed by atoms with Crippen molar-refractivity contribution in [3.63, 3.8) is 0 Å². The number of nitrogens with zero attached hydrogens (tertiary/aromatic N) is 1. The minimum Gasteiger partial charge on any atom is -0.392 e. The second-order valence-corrected chi connectivity index (χ2v) is 11.3. The average molecular weight is 606 g/mol. The van der Waals surface area contributed by atoms with Crippen LogP contribution in [-0.2, 0) is 25.7 Å². The van der Waals surface area contributed by atoms with Crippen molar-refractivity contribution >= 4 is 17.5 Å². The quantitative estimate of drug-likeness (QED) is 0.100. The largest absolute Gasteiger partial charge is 0.392 e. The molecule has 0 radical (unpaired) electrons. The number of hydrogen-bond acceptors (Lipinski definition) is 8. The molecule has 0 spiro atoms. The van der Waals surface area contributed by atoms with Crippen LogP contribution in [0.15, 0.2) is 78.9 Å². The number of hydrogen-bond donors (Lipinski definition) is 5. The molecule has 236 valence electrons. The van der Waals surface area contributed by atoms with E-state index < -0.39 is 18.3 Å². The molecule has 0 saturated carbocycles. The van der Waals surface area contributed by atoms with E-state index >= 15 is 0 Å². The van der Waals surface area contributed by atoms with Gasteiger partial charge in [0.1, 0.15) is 0 Å². The lowest BCUT2D eigenvalue weighted by molar-refractivity contribution is -0.253. The van der Waals surface area contributed by atoms with Crippen LogP contribution in [0.1, 0.15) is 79.8 Å². The Morgan fingerprint density at radius 2 is 1.55 bits per heavy atom. The number of carbonyl (C=O) groups is 2. The third-order valence-electron chi connectivity index (χ3n) is 8.05. The van der Waals surface area contributed by atoms with Crippen LogP contribution in [0.5, 0.6) is 0 Å². The first-order chi connectivity index (χ1) is 21.3. The number of rotatable bonds is 14. The number of hydroxylamine groups is 1. The fourth-order valence-electron chi connectivity index (χ4n) is 5.26. The Hall–Kier alpha value is -3.64. The van der Waals surface area contributed by atoms with Crippen LogP contribution in [0.3, 0.4) is 0 Å². The molecule has 3 aromatic carbocycles. The smallest absolute Gasteiger partial charge is 0.243 e. The molecule has 44 heavy (non-hydrogen) atoms. The summed E-state index contributed by atoms with van der Waals surface area (Å²) in [6.07, 6.45) is 0.317. The summed E-state index contributed by atoms with van der Waals surface area (Å²) in [6.45, 7) is 2.54. The maximum Gasteiger partial charge on any atom is 0.243 e. The lowest BCUT2D eigenvalue weighted by Gasteiger charge is -2.39. The molecule has 0 bridgehead atoms. The number of benzene rings is 3. The minimum atomic E-state index is -0.651. The minimum absolute atomic E-state index is 0.0314. The number of amides is 2. The zero-order chi connectivity index (χ0) is 31.5. The number of carbonyl (C=O) groups excluding carboxylic acids is 2. The molecule has 2 amide bonds. The van der Waals surface area contributed by atoms with Crippen molar-refractivity contribution in [2.24, 2.45) is 0 Å². The second-order valence-electron chi connectivity index (χ2n) is 11.3. The summed E-state index contributed by atoms with van der Waals surface area (Å²) < 4.78 is 12.9. The Kier molecular flexibility index (Phi) is 12.4. The van der Waals surface area contributed by atoms with Crippen LogP contribution >= 0.6 is 0 Å². The van der Waals surface area contributed by atoms with E-state index in [9.17, 15) is 19.8 Å². The fraction of sp³-hybridized carbons (Fsp3) is 0.412. The molecule has 1 heterocycles. The maximum absolute atomic E-state index is 12.3. The first kappa shape index (κ1) is 33.3. The van der Waals surface area contributed by atoms with Crippen molar-refractivity contribution in [3.05, 3.63) is 101 Å². The highest BCUT2D eigenvalue weighted by Gasteiger charge is 2.34. The van der Waals surface area contributed by atoms with Gasteiger partial charge in [-0.25, -0.2) is 5.48 Å². The molecule has 5 atom stereocenters. The lowest BCUT2D eigenvalue weighted by atomic mass is 9.98. The molecule has 1 fully saturated rings. The molecular formula is C34H43N3O7. The van der Waals surface area contributed by atoms with Crippen LogP contribution in [0, 0.1) is 0 Å². The van der Waals surface area contributed by atoms with Crippen LogP contribution in [0.25, 0.3) is 0 Å². The Morgan fingerprint density at radius 1 is 0.909 bits per heavy atom. The molecule has 0 unspecified atom stereocenters. The monoisotopic (exact) mass is 605 g/mol. The Balaban J connectivity index is 1.42. The van der Waals surface area contributed by atoms with Crippen molar-refractivity contribution in [2.45, 2.75) is 76.3 Å². The van der Waals surface area contributed by atoms with E-state index in [0.717, 1.165) is 22.3 Å². The summed E-state index contributed by atoms with van der Waals surface area (Å²) in [5, 5.41) is 31.9. The van der Waals surface area contributed by atoms with E-state index in [-0.39, 0.29) is 43.6 Å². The van der Waals surface area contributed by atoms with Crippen molar-refractivity contribution in [3.8, 4) is 0 Å². The van der Waals surface area contributed by atoms with Gasteiger partial charge in [-0.2, -0.15) is 0 Å². The SMILES string of the molecule is C[C@@H]([C@H](O)c1ccccc1)N(C)C[C@H]1C[C@@H](c2ccc(CO)cc2)O[C@@H](c2ccc(NC(=O)CCCCC(=O)NO)cc2)O1. The van der Waals surface area contributed by atoms with E-state index in [0.29, 0.717) is 31.5 Å². The van der Waals surface area contributed by atoms with Gasteiger partial charge in [-0.05, 0) is 55.6 Å². The normalized spacial score (nSPS) is 19.7. The van der Waals surface area contributed by atoms with E-state index in [1.807, 2.05) is 80.7 Å². The number of likely N-dealkylation sites (N-methyl/N-ethyl adjacent to an activating group) is 1. The molecule has 4 rings (SSSR count). The van der Waals surface area contributed by atoms with Crippen LogP contribution in [0.2, 0.25) is 0 Å². The van der Waals surface area contributed by atoms with Crippen molar-refractivity contribution < 1.29 is 34.5 Å². The van der Waals surface area contributed by atoms with Gasteiger partial charge < -0.3 is 25.0 Å². The van der Waals surface area contributed by atoms with Gasteiger partial charge in [0.25, 0.3) is 0 Å². The lowest BCUT2D eigenvalue weighted by Crippen LogP contribution is -2.43. The molecule has 10 heteroatoms. The molecular weight excluding hydrogens is 562 g/mol. The highest BCUT2D eigenvalue weighted by molar-refractivity contribution is 5.90. The van der Waals surface area contributed by atoms with Crippen LogP contribution in [0.4, 0.5) is 5.69 Å². The zero-order valence-corrected chi connectivity index (χ0v) is 25.3. The number of unbranched alkanes of at least 4 members (excludes halogenated alkanes) is 1. The molecule has 0 aliphatic carbocycles. The van der Waals surface area contributed by atoms with Gasteiger partial charge in [0.15, 0.2) is 6.29 Å². The molecule has 1 aliphatic heterocycles. The highest BCUT2D eigenvalue weighted by atomic mass is 16.7. The Labute approximate surface area is 258 Å². The van der Waals surface area contributed by atoms with E-state index in [1.165, 1.54) is 0 Å². The first-order valence-corrected chi connectivity index (χ1v) is 15.0. The molecule has 1 saturated heterocycles. The number of anilines is 1. The summed E-state index contributed by atoms with van der Waals surface area (Å²) in [6, 6.07) is 24.5. The van der Waals surface area contributed by atoms with Crippen LogP contribution < -0.4 is 10.8 Å². The van der Waals surface area contributed by atoms with Gasteiger partial charge in [0.05, 0.1) is 24.9 Å². The third kappa shape index (κ3) is 9.43. The van der Waals surface area contributed by atoms with Gasteiger partial charge in [-0.15, -0.1) is 0 Å². The Bertz CT molecular complexity index is 1320. The number of nitrogens with one attached hydrogen (secondary N) is 2. The Morgan fingerprint density at radius 3 is 2.18 bits per heavy atom. The van der Waals surface area contributed by atoms with Crippen molar-refractivity contribution in [1.82, 2.24) is 10.4 Å². The number of aliphatic hydroxyl groups is 2. The molecule has 0 aromatic heterocycles. The van der Waals surface area contributed by atoms with E-state index in [2.05, 4.69) is 10.2 Å². The topological polar surface area (TPSA) is 141 Å². The molecule has 10 nitrogen and oxygen atoms in total. The third-order valence-corrected chi connectivity index (χ3v) is 8.05. The first-order valence-electron chi connectivity index (χ1n) is 15.0. The van der Waals surface area contributed by atoms with Gasteiger partial charge in [0, 0.05) is 43.1 Å². The zero-order valence-electron chi connectivity index (χ0n) is 25.3. The summed E-state index contributed by atoms with van der Waals surface area (Å²) in [7, 11) is 1.98. The molecule has 3 aromatic rings. The van der Waals surface area contributed by atoms with E-state index in [1.54, 1.807) is 17.6 Å². The maximum atomic E-state index is 12.3. The van der Waals surface area contributed by atoms with Gasteiger partial charge in [-0.1, -0.05) is 66.7 Å². The summed E-state index contributed by atoms with van der Waals surface area (Å²) in [4.78, 5) is 25.6. The van der Waals surface area contributed by atoms with Gasteiger partial charge >= 0.3 is 0 Å². The van der Waals surface area contributed by atoms with E-state index in [4.69, 9.17) is 14.7 Å². The summed E-state index contributed by atoms with van der Waals surface area (Å²) >= 11 is 0. The summed E-state index contributed by atoms with van der Waals surface area (Å²) in [5.41, 5.74) is 5.70. The predicted octanol–water partition coefficient (Wildman–Crippen LogP) is 4.78. The van der Waals surface area contributed by atoms with Crippen molar-refractivity contribution in [2.75, 3.05) is 18.9 Å². The van der Waals surface area contributed by atoms with Gasteiger partial charge in [0.2, 0.25) is 11.8 Å². The van der Waals surface area contributed by atoms with Crippen molar-refractivity contribution in [1.29, 1.82) is 0 Å². The van der Waals surface area contributed by atoms with Gasteiger partial charge in [-0.3, -0.25) is 19.7 Å². The second kappa shape index (κ2) is 16.4. The highest BCUT2D eigenvalue weighted by Crippen LogP contribution is 2.38. The van der Waals surface area contributed by atoms with Crippen LogP contribution in [-0.4, -0.2) is 57.9 Å².